The van der Waals surface area contributed by atoms with Gasteiger partial charge in [-0.3, -0.25) is 4.79 Å². The molecule has 0 aliphatic carbocycles. The van der Waals surface area contributed by atoms with Crippen LogP contribution < -0.4 is 10.3 Å². The van der Waals surface area contributed by atoms with Crippen molar-refractivity contribution in [2.75, 3.05) is 6.61 Å². The maximum Gasteiger partial charge on any atom is 0.301 e. The van der Waals surface area contributed by atoms with Crippen LogP contribution in [0.5, 0.6) is 5.88 Å². The van der Waals surface area contributed by atoms with Gasteiger partial charge in [0.1, 0.15) is 0 Å². The molecule has 0 saturated carbocycles. The van der Waals surface area contributed by atoms with Crippen LogP contribution in [0.25, 0.3) is 22.1 Å². The topological polar surface area (TPSA) is 65.0 Å². The Morgan fingerprint density at radius 1 is 0.947 bits per heavy atom. The number of nitrogens with zero attached hydrogens (tertiary/aromatic N) is 3. The maximum atomic E-state index is 12.0. The van der Waals surface area contributed by atoms with Crippen molar-refractivity contribution >= 4 is 22.1 Å². The number of rotatable bonds is 2. The van der Waals surface area contributed by atoms with E-state index in [1.54, 1.807) is 12.1 Å². The number of benzene rings is 1. The molecule has 0 radical (unpaired) electrons. The summed E-state index contributed by atoms with van der Waals surface area (Å²) in [6, 6.07) is 10.8. The Bertz CT molecular complexity index is 818. The second-order valence-electron chi connectivity index (χ2n) is 3.97. The van der Waals surface area contributed by atoms with Crippen molar-refractivity contribution in [1.82, 2.24) is 15.0 Å². The lowest BCUT2D eigenvalue weighted by atomic mass is 10.3. The highest BCUT2D eigenvalue weighted by Gasteiger charge is 2.05. The number of fused-ring (bicyclic) bond motifs is 2. The Morgan fingerprint density at radius 3 is 2.42 bits per heavy atom. The molecule has 3 aromatic rings. The molecule has 3 rings (SSSR count). The van der Waals surface area contributed by atoms with Crippen LogP contribution in [0.4, 0.5) is 0 Å². The summed E-state index contributed by atoms with van der Waals surface area (Å²) in [6.07, 6.45) is 0. The second-order valence-corrected chi connectivity index (χ2v) is 3.97. The van der Waals surface area contributed by atoms with Crippen molar-refractivity contribution in [2.24, 2.45) is 0 Å². The van der Waals surface area contributed by atoms with E-state index in [0.717, 1.165) is 5.52 Å². The molecule has 0 spiro atoms. The summed E-state index contributed by atoms with van der Waals surface area (Å²) in [5.74, 6) is 0.288. The summed E-state index contributed by atoms with van der Waals surface area (Å²) in [4.78, 5) is 24.7. The first kappa shape index (κ1) is 11.5. The van der Waals surface area contributed by atoms with Crippen LogP contribution in [-0.4, -0.2) is 21.6 Å². The van der Waals surface area contributed by atoms with Crippen molar-refractivity contribution in [3.8, 4) is 5.88 Å². The number of para-hydroxylation sites is 2. The highest BCUT2D eigenvalue weighted by atomic mass is 16.5. The average Bonchev–Trinajstić information content (AvgIpc) is 2.57. The fourth-order valence-electron chi connectivity index (χ4n) is 1.86. The zero-order valence-corrected chi connectivity index (χ0v) is 10.3. The molecule has 0 unspecified atom stereocenters. The van der Waals surface area contributed by atoms with Gasteiger partial charge in [0, 0.05) is 6.07 Å². The molecule has 2 heterocycles. The summed E-state index contributed by atoms with van der Waals surface area (Å²) in [5.41, 5.74) is 1.77. The summed E-state index contributed by atoms with van der Waals surface area (Å²) < 4.78 is 5.25. The Labute approximate surface area is 108 Å². The molecular formula is C14H11N3O2. The predicted molar refractivity (Wildman–Crippen MR) is 72.3 cm³/mol. The molecule has 0 saturated heterocycles. The molecule has 0 aliphatic rings. The quantitative estimate of drug-likeness (QED) is 0.698. The van der Waals surface area contributed by atoms with Crippen molar-refractivity contribution in [1.29, 1.82) is 0 Å². The Hall–Kier alpha value is -2.56. The Morgan fingerprint density at radius 2 is 1.68 bits per heavy atom. The lowest BCUT2D eigenvalue weighted by molar-refractivity contribution is 0.327. The van der Waals surface area contributed by atoms with E-state index < -0.39 is 5.56 Å². The van der Waals surface area contributed by atoms with E-state index in [1.165, 1.54) is 0 Å². The first-order valence-corrected chi connectivity index (χ1v) is 5.98. The van der Waals surface area contributed by atoms with Crippen LogP contribution in [-0.2, 0) is 0 Å². The third-order valence-corrected chi connectivity index (χ3v) is 2.69. The number of ether oxygens (including phenoxy) is 1. The molecule has 0 fully saturated rings. The van der Waals surface area contributed by atoms with Crippen LogP contribution in [0.1, 0.15) is 6.92 Å². The van der Waals surface area contributed by atoms with Crippen molar-refractivity contribution in [3.05, 3.63) is 46.8 Å². The first-order valence-electron chi connectivity index (χ1n) is 5.98. The van der Waals surface area contributed by atoms with E-state index in [9.17, 15) is 4.79 Å². The zero-order valence-electron chi connectivity index (χ0n) is 10.3. The molecule has 0 atom stereocenters. The van der Waals surface area contributed by atoms with Crippen LogP contribution in [0.2, 0.25) is 0 Å². The average molecular weight is 253 g/mol. The number of hydrogen-bond donors (Lipinski definition) is 0. The monoisotopic (exact) mass is 253 g/mol. The van der Waals surface area contributed by atoms with Gasteiger partial charge in [0.25, 0.3) is 0 Å². The Balaban J connectivity index is 2.38. The van der Waals surface area contributed by atoms with E-state index in [1.807, 2.05) is 31.2 Å². The smallest absolute Gasteiger partial charge is 0.301 e. The highest BCUT2D eigenvalue weighted by molar-refractivity contribution is 5.85. The molecular weight excluding hydrogens is 242 g/mol. The number of aromatic nitrogens is 3. The van der Waals surface area contributed by atoms with E-state index in [0.29, 0.717) is 17.6 Å². The lowest BCUT2D eigenvalue weighted by Crippen LogP contribution is -2.06. The third-order valence-electron chi connectivity index (χ3n) is 2.69. The molecule has 19 heavy (non-hydrogen) atoms. The molecule has 94 valence electrons. The van der Waals surface area contributed by atoms with Gasteiger partial charge >= 0.3 is 5.56 Å². The van der Waals surface area contributed by atoms with Gasteiger partial charge in [0.05, 0.1) is 23.2 Å². The van der Waals surface area contributed by atoms with Gasteiger partial charge in [0.15, 0.2) is 5.52 Å². The lowest BCUT2D eigenvalue weighted by Gasteiger charge is -1.96. The van der Waals surface area contributed by atoms with Crippen LogP contribution in [0.15, 0.2) is 41.2 Å². The fourth-order valence-corrected chi connectivity index (χ4v) is 1.86. The summed E-state index contributed by atoms with van der Waals surface area (Å²) in [6.45, 7) is 2.29. The number of hydrogen-bond acceptors (Lipinski definition) is 5. The van der Waals surface area contributed by atoms with E-state index in [2.05, 4.69) is 15.0 Å². The first-order chi connectivity index (χ1) is 9.28. The van der Waals surface area contributed by atoms with Gasteiger partial charge in [-0.2, -0.15) is 4.98 Å². The van der Waals surface area contributed by atoms with E-state index >= 15 is 0 Å². The normalized spacial score (nSPS) is 10.8. The summed E-state index contributed by atoms with van der Waals surface area (Å²) in [5, 5.41) is 0. The van der Waals surface area contributed by atoms with Crippen molar-refractivity contribution in [2.45, 2.75) is 6.92 Å². The largest absolute Gasteiger partial charge is 0.478 e. The van der Waals surface area contributed by atoms with Crippen molar-refractivity contribution in [3.63, 3.8) is 0 Å². The van der Waals surface area contributed by atoms with Gasteiger partial charge in [0.2, 0.25) is 5.88 Å². The molecule has 1 aromatic carbocycles. The minimum absolute atomic E-state index is 0.254. The van der Waals surface area contributed by atoms with Gasteiger partial charge in [-0.25, -0.2) is 9.97 Å². The van der Waals surface area contributed by atoms with Gasteiger partial charge in [-0.1, -0.05) is 12.1 Å². The molecule has 5 nitrogen and oxygen atoms in total. The van der Waals surface area contributed by atoms with Crippen molar-refractivity contribution < 1.29 is 4.74 Å². The molecule has 2 aromatic heterocycles. The van der Waals surface area contributed by atoms with Crippen LogP contribution in [0.3, 0.4) is 0 Å². The third kappa shape index (κ3) is 2.10. The maximum absolute atomic E-state index is 12.0. The minimum Gasteiger partial charge on any atom is -0.478 e. The molecule has 0 aliphatic heterocycles. The van der Waals surface area contributed by atoms with Gasteiger partial charge in [-0.15, -0.1) is 0 Å². The Kier molecular flexibility index (Phi) is 2.79. The minimum atomic E-state index is -0.429. The molecule has 0 N–H and O–H groups in total. The van der Waals surface area contributed by atoms with Gasteiger partial charge < -0.3 is 4.74 Å². The van der Waals surface area contributed by atoms with Crippen LogP contribution in [0, 0.1) is 0 Å². The summed E-state index contributed by atoms with van der Waals surface area (Å²) >= 11 is 0. The van der Waals surface area contributed by atoms with Crippen LogP contribution >= 0.6 is 0 Å². The highest BCUT2D eigenvalue weighted by Crippen LogP contribution is 2.13. The second kappa shape index (κ2) is 4.61. The fraction of sp³-hybridized carbons (Fsp3) is 0.143. The predicted octanol–water partition coefficient (Wildman–Crippen LogP) is 1.94. The molecule has 0 bridgehead atoms. The van der Waals surface area contributed by atoms with E-state index in [4.69, 9.17) is 4.74 Å². The standard InChI is InChI=1S/C14H11N3O2/c1-2-19-12-8-7-11-13(14(18)17-12)16-10-6-4-3-5-9(10)15-11/h3-8H,2H2,1H3. The molecule has 0 amide bonds. The zero-order chi connectivity index (χ0) is 13.2. The molecule has 5 heteroatoms. The summed E-state index contributed by atoms with van der Waals surface area (Å²) in [7, 11) is 0. The van der Waals surface area contributed by atoms with Gasteiger partial charge in [-0.05, 0) is 25.1 Å². The SMILES string of the molecule is CCOc1ccc2nc3ccccc3nc2c(=O)n1. The van der Waals surface area contributed by atoms with E-state index in [-0.39, 0.29) is 11.4 Å².